The number of piperidine rings is 1. The van der Waals surface area contributed by atoms with Crippen molar-refractivity contribution in [1.29, 1.82) is 0 Å². The Hall–Kier alpha value is -1.60. The predicted molar refractivity (Wildman–Crippen MR) is 92.2 cm³/mol. The normalized spacial score (nSPS) is 20.2. The zero-order valence-electron chi connectivity index (χ0n) is 13.2. The fourth-order valence-corrected chi connectivity index (χ4v) is 4.32. The molecule has 1 nitrogen and oxygen atoms in total. The van der Waals surface area contributed by atoms with Crippen LogP contribution in [0.5, 0.6) is 0 Å². The van der Waals surface area contributed by atoms with E-state index in [2.05, 4.69) is 59.5 Å². The van der Waals surface area contributed by atoms with Gasteiger partial charge in [0, 0.05) is 6.54 Å². The van der Waals surface area contributed by atoms with Gasteiger partial charge < -0.3 is 4.90 Å². The summed E-state index contributed by atoms with van der Waals surface area (Å²) < 4.78 is 0. The number of nitrogens with zero attached hydrogens (tertiary/aromatic N) is 1. The maximum absolute atomic E-state index is 2.70. The van der Waals surface area contributed by atoms with Gasteiger partial charge in [-0.05, 0) is 67.3 Å². The highest BCUT2D eigenvalue weighted by molar-refractivity contribution is 5.32. The highest BCUT2D eigenvalue weighted by atomic mass is 15.1. The third-order valence-electron chi connectivity index (χ3n) is 5.51. The van der Waals surface area contributed by atoms with Crippen molar-refractivity contribution in [3.05, 3.63) is 71.3 Å². The summed E-state index contributed by atoms with van der Waals surface area (Å²) in [7, 11) is 0. The lowest BCUT2D eigenvalue weighted by Crippen LogP contribution is -2.36. The summed E-state index contributed by atoms with van der Waals surface area (Å²) in [4.78, 5) is 2.70. The molecule has 1 aliphatic heterocycles. The molecule has 0 radical (unpaired) electrons. The first-order chi connectivity index (χ1) is 10.9. The molecule has 1 heterocycles. The molecule has 114 valence electrons. The number of rotatable bonds is 3. The van der Waals surface area contributed by atoms with Crippen molar-refractivity contribution in [2.45, 2.75) is 31.6 Å². The molecule has 0 unspecified atom stereocenters. The summed E-state index contributed by atoms with van der Waals surface area (Å²) in [6, 6.07) is 20.1. The number of benzene rings is 2. The van der Waals surface area contributed by atoms with Crippen LogP contribution in [0.1, 0.15) is 35.4 Å². The standard InChI is InChI=1S/C21H25N/c1-2-6-18(7-3-1)19-10-12-22(13-11-19)16-17-14-20-8-4-5-9-21(20)15-17/h1-9,17,19H,10-16H2. The van der Waals surface area contributed by atoms with Crippen LogP contribution < -0.4 is 0 Å². The minimum absolute atomic E-state index is 0.776. The molecule has 22 heavy (non-hydrogen) atoms. The van der Waals surface area contributed by atoms with Crippen LogP contribution >= 0.6 is 0 Å². The van der Waals surface area contributed by atoms with Crippen molar-refractivity contribution >= 4 is 0 Å². The van der Waals surface area contributed by atoms with E-state index in [0.717, 1.165) is 11.8 Å². The third-order valence-corrected chi connectivity index (χ3v) is 5.51. The summed E-state index contributed by atoms with van der Waals surface area (Å²) in [5, 5.41) is 0. The highest BCUT2D eigenvalue weighted by Gasteiger charge is 2.26. The van der Waals surface area contributed by atoms with Crippen molar-refractivity contribution in [3.63, 3.8) is 0 Å². The van der Waals surface area contributed by atoms with E-state index < -0.39 is 0 Å². The second kappa shape index (κ2) is 6.26. The van der Waals surface area contributed by atoms with E-state index in [0.29, 0.717) is 0 Å². The van der Waals surface area contributed by atoms with Crippen LogP contribution in [0.3, 0.4) is 0 Å². The molecule has 0 aromatic heterocycles. The molecule has 4 rings (SSSR count). The van der Waals surface area contributed by atoms with Crippen LogP contribution in [0.15, 0.2) is 54.6 Å². The fraction of sp³-hybridized carbons (Fsp3) is 0.429. The van der Waals surface area contributed by atoms with Gasteiger partial charge in [0.25, 0.3) is 0 Å². The second-order valence-corrected chi connectivity index (χ2v) is 7.03. The van der Waals surface area contributed by atoms with E-state index in [1.807, 2.05) is 0 Å². The molecule has 0 atom stereocenters. The third kappa shape index (κ3) is 2.96. The van der Waals surface area contributed by atoms with Crippen molar-refractivity contribution in [2.75, 3.05) is 19.6 Å². The maximum Gasteiger partial charge on any atom is 0.00160 e. The van der Waals surface area contributed by atoms with Gasteiger partial charge in [0.2, 0.25) is 0 Å². The number of hydrogen-bond acceptors (Lipinski definition) is 1. The first-order valence-corrected chi connectivity index (χ1v) is 8.72. The topological polar surface area (TPSA) is 3.24 Å². The Morgan fingerprint density at radius 1 is 0.773 bits per heavy atom. The first-order valence-electron chi connectivity index (χ1n) is 8.72. The molecule has 0 bridgehead atoms. The molecule has 1 saturated heterocycles. The van der Waals surface area contributed by atoms with Gasteiger partial charge in [-0.1, -0.05) is 54.6 Å². The Balaban J connectivity index is 1.30. The van der Waals surface area contributed by atoms with Crippen molar-refractivity contribution in [2.24, 2.45) is 5.92 Å². The SMILES string of the molecule is c1ccc(C2CCN(CC3Cc4ccccc4C3)CC2)cc1. The molecule has 1 fully saturated rings. The molecule has 2 aliphatic rings. The Bertz CT molecular complexity index is 586. The van der Waals surface area contributed by atoms with Crippen LogP contribution in [-0.4, -0.2) is 24.5 Å². The van der Waals surface area contributed by atoms with Gasteiger partial charge >= 0.3 is 0 Å². The Morgan fingerprint density at radius 2 is 1.36 bits per heavy atom. The summed E-state index contributed by atoms with van der Waals surface area (Å²) in [5.74, 6) is 1.61. The maximum atomic E-state index is 2.70. The van der Waals surface area contributed by atoms with E-state index in [9.17, 15) is 0 Å². The molecular formula is C21H25N. The summed E-state index contributed by atoms with van der Waals surface area (Å²) in [6.07, 6.45) is 5.22. The Morgan fingerprint density at radius 3 is 2.00 bits per heavy atom. The monoisotopic (exact) mass is 291 g/mol. The average Bonchev–Trinajstić information content (AvgIpc) is 2.98. The smallest absolute Gasteiger partial charge is 0.00160 e. The van der Waals surface area contributed by atoms with E-state index in [-0.39, 0.29) is 0 Å². The fourth-order valence-electron chi connectivity index (χ4n) is 4.32. The van der Waals surface area contributed by atoms with Crippen LogP contribution in [-0.2, 0) is 12.8 Å². The van der Waals surface area contributed by atoms with Crippen molar-refractivity contribution in [3.8, 4) is 0 Å². The van der Waals surface area contributed by atoms with Crippen LogP contribution in [0.2, 0.25) is 0 Å². The molecule has 2 aromatic rings. The molecular weight excluding hydrogens is 266 g/mol. The van der Waals surface area contributed by atoms with Gasteiger partial charge in [-0.15, -0.1) is 0 Å². The summed E-state index contributed by atoms with van der Waals surface area (Å²) >= 11 is 0. The first kappa shape index (κ1) is 14.0. The van der Waals surface area contributed by atoms with E-state index in [4.69, 9.17) is 0 Å². The van der Waals surface area contributed by atoms with Crippen molar-refractivity contribution < 1.29 is 0 Å². The van der Waals surface area contributed by atoms with Crippen molar-refractivity contribution in [1.82, 2.24) is 4.90 Å². The molecule has 0 spiro atoms. The molecule has 0 amide bonds. The zero-order valence-corrected chi connectivity index (χ0v) is 13.2. The van der Waals surface area contributed by atoms with Crippen LogP contribution in [0, 0.1) is 5.92 Å². The van der Waals surface area contributed by atoms with Gasteiger partial charge in [-0.2, -0.15) is 0 Å². The molecule has 1 heteroatoms. The lowest BCUT2D eigenvalue weighted by Gasteiger charge is -2.33. The molecule has 2 aromatic carbocycles. The predicted octanol–water partition coefficient (Wildman–Crippen LogP) is 4.28. The number of likely N-dealkylation sites (tertiary alicyclic amines) is 1. The summed E-state index contributed by atoms with van der Waals surface area (Å²) in [6.45, 7) is 3.83. The lowest BCUT2D eigenvalue weighted by atomic mass is 9.89. The van der Waals surface area contributed by atoms with Gasteiger partial charge in [0.1, 0.15) is 0 Å². The van der Waals surface area contributed by atoms with E-state index >= 15 is 0 Å². The van der Waals surface area contributed by atoms with Gasteiger partial charge in [0.05, 0.1) is 0 Å². The average molecular weight is 291 g/mol. The Labute approximate surface area is 134 Å². The van der Waals surface area contributed by atoms with Crippen LogP contribution in [0.25, 0.3) is 0 Å². The second-order valence-electron chi connectivity index (χ2n) is 7.03. The lowest BCUT2D eigenvalue weighted by molar-refractivity contribution is 0.184. The zero-order chi connectivity index (χ0) is 14.8. The number of fused-ring (bicyclic) bond motifs is 1. The quantitative estimate of drug-likeness (QED) is 0.816. The highest BCUT2D eigenvalue weighted by Crippen LogP contribution is 2.31. The van der Waals surface area contributed by atoms with Gasteiger partial charge in [-0.25, -0.2) is 0 Å². The van der Waals surface area contributed by atoms with Gasteiger partial charge in [-0.3, -0.25) is 0 Å². The molecule has 0 N–H and O–H groups in total. The van der Waals surface area contributed by atoms with Gasteiger partial charge in [0.15, 0.2) is 0 Å². The molecule has 0 saturated carbocycles. The number of hydrogen-bond donors (Lipinski definition) is 0. The van der Waals surface area contributed by atoms with E-state index in [1.54, 1.807) is 11.1 Å². The minimum atomic E-state index is 0.776. The van der Waals surface area contributed by atoms with E-state index in [1.165, 1.54) is 50.9 Å². The minimum Gasteiger partial charge on any atom is -0.303 e. The Kier molecular flexibility index (Phi) is 3.99. The molecule has 1 aliphatic carbocycles. The van der Waals surface area contributed by atoms with Crippen LogP contribution in [0.4, 0.5) is 0 Å². The largest absolute Gasteiger partial charge is 0.303 e. The summed E-state index contributed by atoms with van der Waals surface area (Å²) in [5.41, 5.74) is 4.72.